The SMILES string of the molecule is CCNC(=NCc1nc(C)c(C)o1)NCCC(C)c1cccc(C(F)(F)F)c1. The molecule has 1 heterocycles. The molecule has 2 aromatic rings. The molecule has 5 nitrogen and oxygen atoms in total. The topological polar surface area (TPSA) is 62.5 Å². The maximum Gasteiger partial charge on any atom is 0.416 e. The van der Waals surface area contributed by atoms with Crippen molar-refractivity contribution in [2.24, 2.45) is 4.99 Å². The minimum atomic E-state index is -4.32. The van der Waals surface area contributed by atoms with Crippen LogP contribution in [0.4, 0.5) is 13.2 Å². The fraction of sp³-hybridized carbons (Fsp3) is 0.500. The average Bonchev–Trinajstić information content (AvgIpc) is 2.96. The van der Waals surface area contributed by atoms with Crippen LogP contribution in [-0.2, 0) is 12.7 Å². The van der Waals surface area contributed by atoms with Crippen LogP contribution < -0.4 is 10.6 Å². The second-order valence-electron chi connectivity index (χ2n) is 6.68. The van der Waals surface area contributed by atoms with Crippen LogP contribution in [0.15, 0.2) is 33.7 Å². The van der Waals surface area contributed by atoms with E-state index in [0.717, 1.165) is 17.5 Å². The first-order valence-electron chi connectivity index (χ1n) is 9.33. The molecule has 0 saturated heterocycles. The van der Waals surface area contributed by atoms with Crippen LogP contribution in [0.5, 0.6) is 0 Å². The number of aliphatic imine (C=N–C) groups is 1. The molecular formula is C20H27F3N4O. The molecule has 2 rings (SSSR count). The number of halogens is 3. The smallest absolute Gasteiger partial charge is 0.416 e. The normalized spacial score (nSPS) is 13.5. The van der Waals surface area contributed by atoms with Gasteiger partial charge in [0.1, 0.15) is 12.3 Å². The van der Waals surface area contributed by atoms with Gasteiger partial charge in [-0.1, -0.05) is 25.1 Å². The second-order valence-corrected chi connectivity index (χ2v) is 6.68. The van der Waals surface area contributed by atoms with E-state index in [1.165, 1.54) is 12.1 Å². The number of alkyl halides is 3. The van der Waals surface area contributed by atoms with Crippen LogP contribution in [0.1, 0.15) is 54.7 Å². The monoisotopic (exact) mass is 396 g/mol. The second kappa shape index (κ2) is 9.61. The Morgan fingerprint density at radius 1 is 1.25 bits per heavy atom. The summed E-state index contributed by atoms with van der Waals surface area (Å²) in [7, 11) is 0. The van der Waals surface area contributed by atoms with E-state index in [-0.39, 0.29) is 5.92 Å². The lowest BCUT2D eigenvalue weighted by atomic mass is 9.96. The van der Waals surface area contributed by atoms with Gasteiger partial charge in [-0.25, -0.2) is 9.98 Å². The third-order valence-electron chi connectivity index (χ3n) is 4.44. The molecule has 1 unspecified atom stereocenters. The summed E-state index contributed by atoms with van der Waals surface area (Å²) in [6, 6.07) is 5.49. The molecule has 0 aliphatic rings. The van der Waals surface area contributed by atoms with Gasteiger partial charge in [0.25, 0.3) is 0 Å². The maximum absolute atomic E-state index is 12.9. The molecule has 1 aromatic carbocycles. The standard InChI is InChI=1S/C20H27F3N4O/c1-5-24-19(26-12-18-27-14(3)15(4)28-18)25-10-9-13(2)16-7-6-8-17(11-16)20(21,22)23/h6-8,11,13H,5,9-10,12H2,1-4H3,(H2,24,25,26). The van der Waals surface area contributed by atoms with Crippen molar-refractivity contribution in [2.75, 3.05) is 13.1 Å². The molecule has 1 aromatic heterocycles. The number of hydrogen-bond acceptors (Lipinski definition) is 3. The Hall–Kier alpha value is -2.51. The Kier molecular flexibility index (Phi) is 7.48. The van der Waals surface area contributed by atoms with E-state index in [4.69, 9.17) is 4.42 Å². The van der Waals surface area contributed by atoms with E-state index >= 15 is 0 Å². The molecule has 0 amide bonds. The van der Waals surface area contributed by atoms with Crippen molar-refractivity contribution in [2.45, 2.75) is 52.8 Å². The predicted molar refractivity (Wildman–Crippen MR) is 103 cm³/mol. The Bertz CT molecular complexity index is 779. The average molecular weight is 396 g/mol. The van der Waals surface area contributed by atoms with Gasteiger partial charge in [-0.05, 0) is 44.7 Å². The lowest BCUT2D eigenvalue weighted by Gasteiger charge is -2.16. The number of aromatic nitrogens is 1. The van der Waals surface area contributed by atoms with Crippen molar-refractivity contribution >= 4 is 5.96 Å². The van der Waals surface area contributed by atoms with Crippen LogP contribution >= 0.6 is 0 Å². The van der Waals surface area contributed by atoms with E-state index in [9.17, 15) is 13.2 Å². The third-order valence-corrected chi connectivity index (χ3v) is 4.44. The Morgan fingerprint density at radius 2 is 2.00 bits per heavy atom. The number of guanidine groups is 1. The van der Waals surface area contributed by atoms with Gasteiger partial charge in [0.05, 0.1) is 11.3 Å². The van der Waals surface area contributed by atoms with E-state index in [1.807, 2.05) is 27.7 Å². The molecule has 28 heavy (non-hydrogen) atoms. The Morgan fingerprint density at radius 3 is 2.61 bits per heavy atom. The lowest BCUT2D eigenvalue weighted by Crippen LogP contribution is -2.38. The highest BCUT2D eigenvalue weighted by Gasteiger charge is 2.30. The first kappa shape index (κ1) is 21.8. The van der Waals surface area contributed by atoms with E-state index in [2.05, 4.69) is 20.6 Å². The summed E-state index contributed by atoms with van der Waals surface area (Å²) in [5, 5.41) is 6.34. The molecule has 1 atom stereocenters. The van der Waals surface area contributed by atoms with E-state index < -0.39 is 11.7 Å². The minimum Gasteiger partial charge on any atom is -0.444 e. The zero-order valence-corrected chi connectivity index (χ0v) is 16.7. The quantitative estimate of drug-likeness (QED) is 0.532. The number of rotatable bonds is 7. The van der Waals surface area contributed by atoms with Crippen molar-refractivity contribution in [1.29, 1.82) is 0 Å². The van der Waals surface area contributed by atoms with Crippen LogP contribution in [0.2, 0.25) is 0 Å². The molecule has 0 saturated carbocycles. The number of aryl methyl sites for hydroxylation is 2. The first-order chi connectivity index (χ1) is 13.2. The molecule has 154 valence electrons. The molecular weight excluding hydrogens is 369 g/mol. The number of oxazole rings is 1. The fourth-order valence-electron chi connectivity index (χ4n) is 2.69. The zero-order chi connectivity index (χ0) is 20.7. The summed E-state index contributed by atoms with van der Waals surface area (Å²) in [4.78, 5) is 8.74. The molecule has 0 bridgehead atoms. The van der Waals surface area contributed by atoms with Crippen LogP contribution in [0, 0.1) is 13.8 Å². The predicted octanol–water partition coefficient (Wildman–Crippen LogP) is 4.56. The van der Waals surface area contributed by atoms with Gasteiger partial charge >= 0.3 is 6.18 Å². The molecule has 0 aliphatic heterocycles. The Labute approximate surface area is 163 Å². The van der Waals surface area contributed by atoms with E-state index in [0.29, 0.717) is 43.5 Å². The maximum atomic E-state index is 12.9. The van der Waals surface area contributed by atoms with E-state index in [1.54, 1.807) is 6.07 Å². The highest BCUT2D eigenvalue weighted by atomic mass is 19.4. The van der Waals surface area contributed by atoms with Gasteiger partial charge in [-0.3, -0.25) is 0 Å². The zero-order valence-electron chi connectivity index (χ0n) is 16.7. The summed E-state index contributed by atoms with van der Waals surface area (Å²) in [6.45, 7) is 9.19. The van der Waals surface area contributed by atoms with Gasteiger partial charge < -0.3 is 15.1 Å². The Balaban J connectivity index is 1.92. The highest BCUT2D eigenvalue weighted by molar-refractivity contribution is 5.79. The highest BCUT2D eigenvalue weighted by Crippen LogP contribution is 2.31. The molecule has 0 radical (unpaired) electrons. The van der Waals surface area contributed by atoms with Crippen molar-refractivity contribution in [3.63, 3.8) is 0 Å². The molecule has 0 fully saturated rings. The summed E-state index contributed by atoms with van der Waals surface area (Å²) in [5.41, 5.74) is 0.901. The number of nitrogens with zero attached hydrogens (tertiary/aromatic N) is 2. The van der Waals surface area contributed by atoms with Crippen molar-refractivity contribution < 1.29 is 17.6 Å². The molecule has 0 aliphatic carbocycles. The van der Waals surface area contributed by atoms with Gasteiger partial charge in [-0.2, -0.15) is 13.2 Å². The van der Waals surface area contributed by atoms with Crippen LogP contribution in [0.25, 0.3) is 0 Å². The minimum absolute atomic E-state index is 0.0188. The van der Waals surface area contributed by atoms with Crippen LogP contribution in [-0.4, -0.2) is 24.0 Å². The van der Waals surface area contributed by atoms with Crippen molar-refractivity contribution in [3.8, 4) is 0 Å². The van der Waals surface area contributed by atoms with Gasteiger partial charge in [0, 0.05) is 13.1 Å². The summed E-state index contributed by atoms with van der Waals surface area (Å²) >= 11 is 0. The molecule has 0 spiro atoms. The molecule has 8 heteroatoms. The number of nitrogens with one attached hydrogen (secondary N) is 2. The molecule has 2 N–H and O–H groups in total. The fourth-order valence-corrected chi connectivity index (χ4v) is 2.69. The van der Waals surface area contributed by atoms with Gasteiger partial charge in [0.15, 0.2) is 5.96 Å². The van der Waals surface area contributed by atoms with Crippen molar-refractivity contribution in [1.82, 2.24) is 15.6 Å². The first-order valence-corrected chi connectivity index (χ1v) is 9.33. The summed E-state index contributed by atoms with van der Waals surface area (Å²) in [6.07, 6.45) is -3.65. The third kappa shape index (κ3) is 6.28. The number of hydrogen-bond donors (Lipinski definition) is 2. The van der Waals surface area contributed by atoms with Gasteiger partial charge in [-0.15, -0.1) is 0 Å². The van der Waals surface area contributed by atoms with Gasteiger partial charge in [0.2, 0.25) is 5.89 Å². The number of benzene rings is 1. The van der Waals surface area contributed by atoms with Crippen molar-refractivity contribution in [3.05, 3.63) is 52.7 Å². The largest absolute Gasteiger partial charge is 0.444 e. The lowest BCUT2D eigenvalue weighted by molar-refractivity contribution is -0.137. The summed E-state index contributed by atoms with van der Waals surface area (Å²) < 4.78 is 44.1. The van der Waals surface area contributed by atoms with Crippen LogP contribution in [0.3, 0.4) is 0 Å². The summed E-state index contributed by atoms with van der Waals surface area (Å²) in [5.74, 6) is 1.92.